The number of hydrogen-bond donors (Lipinski definition) is 0. The van der Waals surface area contributed by atoms with Gasteiger partial charge in [0.25, 0.3) is 0 Å². The molecule has 0 unspecified atom stereocenters. The Bertz CT molecular complexity index is 570. The summed E-state index contributed by atoms with van der Waals surface area (Å²) in [6.07, 6.45) is 19.6. The first kappa shape index (κ1) is 15.1. The summed E-state index contributed by atoms with van der Waals surface area (Å²) in [6.45, 7) is 7.32. The lowest BCUT2D eigenvalue weighted by atomic mass is 9.49. The van der Waals surface area contributed by atoms with Crippen LogP contribution in [0.15, 0.2) is 36.0 Å². The summed E-state index contributed by atoms with van der Waals surface area (Å²) in [5.41, 5.74) is 1.99. The van der Waals surface area contributed by atoms with E-state index in [-0.39, 0.29) is 10.3 Å². The van der Waals surface area contributed by atoms with Crippen molar-refractivity contribution in [2.24, 2.45) is 28.6 Å². The van der Waals surface area contributed by atoms with E-state index < -0.39 is 0 Å². The molecule has 0 bridgehead atoms. The van der Waals surface area contributed by atoms with E-state index >= 15 is 0 Å². The molecule has 0 amide bonds. The van der Waals surface area contributed by atoms with Crippen LogP contribution in [-0.4, -0.2) is 4.87 Å². The van der Waals surface area contributed by atoms with Crippen LogP contribution in [0.5, 0.6) is 0 Å². The molecule has 0 aromatic heterocycles. The maximum atomic E-state index is 7.47. The van der Waals surface area contributed by atoms with E-state index in [2.05, 4.69) is 51.2 Å². The predicted molar refractivity (Wildman–Crippen MR) is 95.0 cm³/mol. The van der Waals surface area contributed by atoms with Crippen molar-refractivity contribution in [2.45, 2.75) is 64.2 Å². The highest BCUT2D eigenvalue weighted by Crippen LogP contribution is 2.68. The van der Waals surface area contributed by atoms with Gasteiger partial charge in [-0.15, -0.1) is 11.6 Å². The van der Waals surface area contributed by atoms with E-state index in [4.69, 9.17) is 11.6 Å². The summed E-state index contributed by atoms with van der Waals surface area (Å²) < 4.78 is 0. The first-order chi connectivity index (χ1) is 10.5. The average Bonchev–Trinajstić information content (AvgIpc) is 2.84. The highest BCUT2D eigenvalue weighted by atomic mass is 35.5. The van der Waals surface area contributed by atoms with Gasteiger partial charge in [0, 0.05) is 11.3 Å². The second-order valence-corrected chi connectivity index (χ2v) is 9.22. The van der Waals surface area contributed by atoms with Crippen molar-refractivity contribution in [3.05, 3.63) is 36.0 Å². The van der Waals surface area contributed by atoms with Crippen LogP contribution in [0.25, 0.3) is 0 Å². The fourth-order valence-corrected chi connectivity index (χ4v) is 6.95. The number of halogens is 1. The van der Waals surface area contributed by atoms with Gasteiger partial charge >= 0.3 is 0 Å². The summed E-state index contributed by atoms with van der Waals surface area (Å²) in [7, 11) is 0. The third kappa shape index (κ3) is 1.66. The zero-order chi connectivity index (χ0) is 15.6. The predicted octanol–water partition coefficient (Wildman–Crippen LogP) is 6.28. The third-order valence-corrected chi connectivity index (χ3v) is 8.79. The van der Waals surface area contributed by atoms with Gasteiger partial charge in [-0.2, -0.15) is 0 Å². The van der Waals surface area contributed by atoms with Gasteiger partial charge in [0.1, 0.15) is 0 Å². The van der Waals surface area contributed by atoms with Crippen molar-refractivity contribution in [2.75, 3.05) is 0 Å². The van der Waals surface area contributed by atoms with Crippen LogP contribution >= 0.6 is 11.6 Å². The Morgan fingerprint density at radius 2 is 2.05 bits per heavy atom. The molecule has 2 saturated carbocycles. The van der Waals surface area contributed by atoms with Crippen LogP contribution in [0.3, 0.4) is 0 Å². The minimum Gasteiger partial charge on any atom is -0.117 e. The van der Waals surface area contributed by atoms with Crippen molar-refractivity contribution in [1.82, 2.24) is 0 Å². The Labute approximate surface area is 140 Å². The molecule has 0 aromatic carbocycles. The molecule has 0 spiro atoms. The third-order valence-electron chi connectivity index (χ3n) is 7.96. The Hall–Kier alpha value is -0.490. The first-order valence-corrected chi connectivity index (χ1v) is 9.59. The molecule has 0 N–H and O–H groups in total. The van der Waals surface area contributed by atoms with Crippen molar-refractivity contribution in [1.29, 1.82) is 0 Å². The molecule has 1 heteroatoms. The lowest BCUT2D eigenvalue weighted by Crippen LogP contribution is -2.57. The van der Waals surface area contributed by atoms with E-state index in [9.17, 15) is 0 Å². The lowest BCUT2D eigenvalue weighted by molar-refractivity contribution is 0.0158. The Morgan fingerprint density at radius 1 is 1.23 bits per heavy atom. The minimum atomic E-state index is -0.114. The van der Waals surface area contributed by atoms with E-state index in [1.807, 2.05) is 0 Å². The Kier molecular flexibility index (Phi) is 3.26. The van der Waals surface area contributed by atoms with Crippen LogP contribution in [-0.2, 0) is 0 Å². The second kappa shape index (κ2) is 4.76. The van der Waals surface area contributed by atoms with Gasteiger partial charge in [-0.1, -0.05) is 57.6 Å². The molecule has 0 radical (unpaired) electrons. The molecule has 4 aliphatic rings. The van der Waals surface area contributed by atoms with Crippen LogP contribution in [0.4, 0.5) is 0 Å². The molecule has 0 heterocycles. The van der Waals surface area contributed by atoms with Gasteiger partial charge in [-0.25, -0.2) is 0 Å². The molecule has 2 fully saturated rings. The number of fused-ring (bicyclic) bond motifs is 5. The van der Waals surface area contributed by atoms with Gasteiger partial charge < -0.3 is 0 Å². The van der Waals surface area contributed by atoms with Crippen LogP contribution in [0, 0.1) is 28.6 Å². The summed E-state index contributed by atoms with van der Waals surface area (Å²) >= 11 is 7.47. The standard InChI is InChI=1S/C21H29Cl/c1-4-15-8-10-17-18-11-9-16-7-5-6-12-20(16,3)21(18,22)14-13-19(15,17)2/h6-7,9,11-12,15,17-18H,4-5,8,10,13-14H2,1-3H3/t15-,17-,18-,19+,20-,21+/m0/s1. The number of allylic oxidation sites excluding steroid dienone is 6. The van der Waals surface area contributed by atoms with E-state index in [0.29, 0.717) is 11.3 Å². The van der Waals surface area contributed by atoms with Crippen molar-refractivity contribution >= 4 is 11.6 Å². The quantitative estimate of drug-likeness (QED) is 0.394. The highest BCUT2D eigenvalue weighted by Gasteiger charge is 2.63. The fraction of sp³-hybridized carbons (Fsp3) is 0.714. The van der Waals surface area contributed by atoms with E-state index in [1.165, 1.54) is 31.3 Å². The molecule has 4 rings (SSSR count). The molecule has 0 aliphatic heterocycles. The number of hydrogen-bond acceptors (Lipinski definition) is 0. The zero-order valence-corrected chi connectivity index (χ0v) is 15.0. The molecule has 0 saturated heterocycles. The second-order valence-electron chi connectivity index (χ2n) is 8.54. The van der Waals surface area contributed by atoms with E-state index in [1.54, 1.807) is 0 Å². The maximum Gasteiger partial charge on any atom is 0.0640 e. The average molecular weight is 317 g/mol. The van der Waals surface area contributed by atoms with Crippen molar-refractivity contribution in [3.63, 3.8) is 0 Å². The van der Waals surface area contributed by atoms with Gasteiger partial charge in [-0.05, 0) is 54.9 Å². The SMILES string of the molecule is CC[C@H]1CC[C@H]2[C@@H]3C=CC4=CCC=C[C@]4(C)[C@@]3(Cl)CC[C@]12C. The van der Waals surface area contributed by atoms with Crippen LogP contribution in [0.1, 0.15) is 59.3 Å². The Morgan fingerprint density at radius 3 is 2.82 bits per heavy atom. The Balaban J connectivity index is 1.80. The molecule has 6 atom stereocenters. The van der Waals surface area contributed by atoms with Gasteiger partial charge in [0.2, 0.25) is 0 Å². The maximum absolute atomic E-state index is 7.47. The van der Waals surface area contributed by atoms with Gasteiger partial charge in [-0.3, -0.25) is 0 Å². The molecular weight excluding hydrogens is 288 g/mol. The molecule has 22 heavy (non-hydrogen) atoms. The highest BCUT2D eigenvalue weighted by molar-refractivity contribution is 6.25. The van der Waals surface area contributed by atoms with Crippen LogP contribution < -0.4 is 0 Å². The summed E-state index contributed by atoms with van der Waals surface area (Å²) in [6, 6.07) is 0. The normalized spacial score (nSPS) is 52.7. The number of alkyl halides is 1. The van der Waals surface area contributed by atoms with Gasteiger partial charge in [0.15, 0.2) is 0 Å². The molecule has 0 nitrogen and oxygen atoms in total. The first-order valence-electron chi connectivity index (χ1n) is 9.21. The monoisotopic (exact) mass is 316 g/mol. The fourth-order valence-electron chi connectivity index (χ4n) is 6.46. The lowest BCUT2D eigenvalue weighted by Gasteiger charge is -2.59. The molecule has 120 valence electrons. The largest absolute Gasteiger partial charge is 0.117 e. The smallest absolute Gasteiger partial charge is 0.0640 e. The molecule has 0 aromatic rings. The summed E-state index contributed by atoms with van der Waals surface area (Å²) in [5.74, 6) is 2.21. The summed E-state index contributed by atoms with van der Waals surface area (Å²) in [5, 5.41) is 0. The molecular formula is C21H29Cl. The van der Waals surface area contributed by atoms with Crippen molar-refractivity contribution < 1.29 is 0 Å². The van der Waals surface area contributed by atoms with Crippen LogP contribution in [0.2, 0.25) is 0 Å². The minimum absolute atomic E-state index is 0.0256. The molecule has 4 aliphatic carbocycles. The van der Waals surface area contributed by atoms with Gasteiger partial charge in [0.05, 0.1) is 4.87 Å². The zero-order valence-electron chi connectivity index (χ0n) is 14.2. The number of rotatable bonds is 1. The van der Waals surface area contributed by atoms with Crippen molar-refractivity contribution in [3.8, 4) is 0 Å². The topological polar surface area (TPSA) is 0 Å². The van der Waals surface area contributed by atoms with E-state index in [0.717, 1.165) is 24.7 Å². The summed E-state index contributed by atoms with van der Waals surface area (Å²) in [4.78, 5) is -0.114.